The van der Waals surface area contributed by atoms with Crippen LogP contribution in [0.25, 0.3) is 10.4 Å². The molecule has 17 atom stereocenters. The maximum atomic E-state index is 14.1. The molecule has 9 aromatic rings. The molecule has 648 valence electrons. The summed E-state index contributed by atoms with van der Waals surface area (Å²) in [4.78, 5) is 17.5. The Morgan fingerprint density at radius 1 is 0.377 bits per heavy atom. The largest absolute Gasteiger partial charge is 0.454 e. The van der Waals surface area contributed by atoms with E-state index in [4.69, 9.17) is 75.8 Å². The number of hydrogen-bond donors (Lipinski definition) is 1. The molecule has 0 bridgehead atoms. The van der Waals surface area contributed by atoms with Gasteiger partial charge in [-0.2, -0.15) is 0 Å². The number of carbonyl (C=O) groups excluding carboxylic acids is 1. The second kappa shape index (κ2) is 52.5. The average Bonchev–Trinajstić information content (AvgIpc) is 0.728. The van der Waals surface area contributed by atoms with E-state index < -0.39 is 110 Å². The molecule has 122 heavy (non-hydrogen) atoms. The number of aliphatic hydroxyl groups is 1. The lowest BCUT2D eigenvalue weighted by Crippen LogP contribution is -2.68. The topological polar surface area (TPSA) is 234 Å². The zero-order valence-electron chi connectivity index (χ0n) is 70.4. The molecule has 21 nitrogen and oxygen atoms in total. The van der Waals surface area contributed by atoms with Crippen LogP contribution in [-0.2, 0) is 140 Å². The average molecular weight is 1670 g/mol. The third-order valence-electron chi connectivity index (χ3n) is 21.9. The number of rotatable bonds is 53. The van der Waals surface area contributed by atoms with Gasteiger partial charge >= 0.3 is 5.97 Å². The molecule has 0 radical (unpaired) electrons. The van der Waals surface area contributed by atoms with Gasteiger partial charge in [0.05, 0.1) is 98.0 Å². The minimum Gasteiger partial charge on any atom is -0.454 e. The molecule has 0 amide bonds. The highest BCUT2D eigenvalue weighted by molar-refractivity contribution is 5.66. The van der Waals surface area contributed by atoms with Crippen molar-refractivity contribution >= 4 is 5.97 Å². The lowest BCUT2D eigenvalue weighted by atomic mass is 9.95. The first-order chi connectivity index (χ1) is 60.2. The maximum Gasteiger partial charge on any atom is 0.303 e. The van der Waals surface area contributed by atoms with E-state index in [2.05, 4.69) is 23.0 Å². The van der Waals surface area contributed by atoms with E-state index in [1.807, 2.05) is 279 Å². The molecule has 12 rings (SSSR count). The van der Waals surface area contributed by atoms with Crippen molar-refractivity contribution in [2.45, 2.75) is 255 Å². The molecular weight excluding hydrogens is 1540 g/mol. The summed E-state index contributed by atoms with van der Waals surface area (Å²) in [7, 11) is 0. The molecule has 1 N–H and O–H groups in total. The zero-order chi connectivity index (χ0) is 84.2. The highest BCUT2D eigenvalue weighted by atomic mass is 16.8. The van der Waals surface area contributed by atoms with E-state index in [1.165, 1.54) is 58.3 Å². The first-order valence-corrected chi connectivity index (χ1v) is 43.4. The van der Waals surface area contributed by atoms with E-state index in [9.17, 15) is 15.4 Å². The fourth-order valence-corrected chi connectivity index (χ4v) is 15.4. The first kappa shape index (κ1) is 92.1. The minimum absolute atomic E-state index is 0.00614. The normalized spacial score (nSPS) is 23.4. The SMILES string of the molecule is CCCCCCCCCCCCCC=CC(OCc1ccccc1)C(CO[C@@H]1OC(COCc2ccccc2)[C@@H](O[C@@H]2OC(COCc3ccccc3)[C@H](O[C@H]3OC(COCc4ccccc4)[C@@H](OCc4ccccc4)C(O)C3OCc3ccccc3)C(OCc3ccccc3)C2OCc2ccccc2)C(OCc2ccccc2)C1OC(C)=O)N=[N+]=[N-]. The van der Waals surface area contributed by atoms with Crippen molar-refractivity contribution in [3.05, 3.63) is 346 Å². The van der Waals surface area contributed by atoms with Gasteiger partial charge in [0, 0.05) is 11.8 Å². The number of aliphatic hydroxyl groups excluding tert-OH is 1. The van der Waals surface area contributed by atoms with Crippen LogP contribution in [0.1, 0.15) is 141 Å². The number of unbranched alkanes of at least 4 members (excludes halogenated alkanes) is 11. The molecule has 9 aromatic carbocycles. The van der Waals surface area contributed by atoms with Crippen molar-refractivity contribution in [2.75, 3.05) is 26.4 Å². The molecule has 3 heterocycles. The van der Waals surface area contributed by atoms with Gasteiger partial charge in [0.15, 0.2) is 25.0 Å². The Kier molecular flexibility index (Phi) is 39.6. The van der Waals surface area contributed by atoms with Gasteiger partial charge in [0.1, 0.15) is 67.1 Å². The molecule has 3 aliphatic rings. The van der Waals surface area contributed by atoms with Crippen molar-refractivity contribution < 1.29 is 85.7 Å². The van der Waals surface area contributed by atoms with Crippen LogP contribution in [-0.4, -0.2) is 142 Å². The van der Waals surface area contributed by atoms with Crippen LogP contribution in [0.15, 0.2) is 290 Å². The van der Waals surface area contributed by atoms with Crippen LogP contribution >= 0.6 is 0 Å². The fourth-order valence-electron chi connectivity index (χ4n) is 15.4. The van der Waals surface area contributed by atoms with E-state index >= 15 is 0 Å². The highest BCUT2D eigenvalue weighted by Crippen LogP contribution is 2.40. The molecule has 3 saturated heterocycles. The second-order valence-electron chi connectivity index (χ2n) is 31.3. The third-order valence-corrected chi connectivity index (χ3v) is 21.9. The summed E-state index contributed by atoms with van der Waals surface area (Å²) < 4.78 is 114. The second-order valence-corrected chi connectivity index (χ2v) is 31.3. The van der Waals surface area contributed by atoms with Gasteiger partial charge < -0.3 is 80.9 Å². The number of azide groups is 1. The molecule has 11 unspecified atom stereocenters. The summed E-state index contributed by atoms with van der Waals surface area (Å²) in [5.41, 5.74) is 18.2. The summed E-state index contributed by atoms with van der Waals surface area (Å²) in [5.74, 6) is -0.679. The van der Waals surface area contributed by atoms with Gasteiger partial charge in [0.25, 0.3) is 0 Å². The van der Waals surface area contributed by atoms with E-state index in [1.54, 1.807) is 0 Å². The van der Waals surface area contributed by atoms with Crippen molar-refractivity contribution in [3.63, 3.8) is 0 Å². The molecule has 0 aliphatic carbocycles. The van der Waals surface area contributed by atoms with Crippen LogP contribution < -0.4 is 0 Å². The Hall–Kier alpha value is -9.14. The van der Waals surface area contributed by atoms with Gasteiger partial charge in [-0.1, -0.05) is 361 Å². The molecule has 0 spiro atoms. The van der Waals surface area contributed by atoms with E-state index in [-0.39, 0.29) is 85.9 Å². The number of allylic oxidation sites excluding steroid dienone is 1. The zero-order valence-corrected chi connectivity index (χ0v) is 70.4. The summed E-state index contributed by atoms with van der Waals surface area (Å²) in [6.07, 6.45) is -1.20. The smallest absolute Gasteiger partial charge is 0.303 e. The van der Waals surface area contributed by atoms with Crippen LogP contribution in [0.4, 0.5) is 0 Å². The minimum atomic E-state index is -1.46. The molecule has 21 heteroatoms. The van der Waals surface area contributed by atoms with Crippen LogP contribution in [0.2, 0.25) is 0 Å². The summed E-state index contributed by atoms with van der Waals surface area (Å²) >= 11 is 0. The number of benzene rings is 9. The van der Waals surface area contributed by atoms with Gasteiger partial charge in [-0.25, -0.2) is 0 Å². The fraction of sp³-hybridized carbons (Fsp3) is 0.436. The van der Waals surface area contributed by atoms with Gasteiger partial charge in [-0.15, -0.1) is 0 Å². The molecular formula is C101H121N3O18. The van der Waals surface area contributed by atoms with Crippen LogP contribution in [0.3, 0.4) is 0 Å². The van der Waals surface area contributed by atoms with Crippen molar-refractivity contribution in [3.8, 4) is 0 Å². The number of ether oxygens (including phenoxy) is 16. The molecule has 0 aromatic heterocycles. The Labute approximate surface area is 719 Å². The molecule has 0 saturated carbocycles. The number of carbonyl (C=O) groups is 1. The maximum absolute atomic E-state index is 14.1. The van der Waals surface area contributed by atoms with Crippen molar-refractivity contribution in [1.82, 2.24) is 0 Å². The van der Waals surface area contributed by atoms with Gasteiger partial charge in [-0.3, -0.25) is 4.79 Å². The predicted molar refractivity (Wildman–Crippen MR) is 465 cm³/mol. The number of hydrogen-bond acceptors (Lipinski definition) is 19. The Morgan fingerprint density at radius 3 is 1.07 bits per heavy atom. The quantitative estimate of drug-likeness (QED) is 0.00932. The predicted octanol–water partition coefficient (Wildman–Crippen LogP) is 19.3. The lowest BCUT2D eigenvalue weighted by molar-refractivity contribution is -0.393. The summed E-state index contributed by atoms with van der Waals surface area (Å²) in [5, 5.41) is 17.6. The van der Waals surface area contributed by atoms with Gasteiger partial charge in [0.2, 0.25) is 0 Å². The van der Waals surface area contributed by atoms with Gasteiger partial charge in [-0.05, 0) is 68.4 Å². The Bertz CT molecular complexity index is 4360. The van der Waals surface area contributed by atoms with Crippen molar-refractivity contribution in [1.29, 1.82) is 0 Å². The van der Waals surface area contributed by atoms with Crippen molar-refractivity contribution in [2.24, 2.45) is 5.11 Å². The van der Waals surface area contributed by atoms with E-state index in [0.717, 1.165) is 75.8 Å². The summed E-state index contributed by atoms with van der Waals surface area (Å²) in [6.45, 7) is 3.91. The molecule has 3 aliphatic heterocycles. The monoisotopic (exact) mass is 1660 g/mol. The molecule has 3 fully saturated rings. The number of esters is 1. The van der Waals surface area contributed by atoms with Crippen LogP contribution in [0.5, 0.6) is 0 Å². The number of nitrogens with zero attached hydrogens (tertiary/aromatic N) is 3. The Morgan fingerprint density at radius 2 is 0.689 bits per heavy atom. The standard InChI is InChI=1S/C101H121N3O18/c1-3-4-5-6-7-8-9-10-11-12-13-14-42-61-86(110-65-79-49-30-18-31-50-79)85(103-104-102)71-116-99-98(117-75(2)105)96(114-69-83-57-38-22-39-58-83)93(88(118-99)73-108-63-77-45-26-16-27-46-77)122-101-97(115-70-84-59-40-23-41-60-84)95(113-68-82-55-36-21-37-56-82)92(89(120-101)74-109-64-78-47-28-17-29-48-78)121-100-94(112-67-81-53-34-20-35-54-81)90(106)91(111-66-80-51-32-19-33-52-80)87(119-100)72-107-62-76-43-24-15-25-44-76/h15-61,85-101,106H,3-14,62-74H2,1-2H3/t85?,86?,87?,88?,89?,90?,91-,92+,93-,94?,95?,96?,97?,98?,99-,100-,101+/m1/s1. The van der Waals surface area contributed by atoms with Crippen LogP contribution in [0, 0.1) is 0 Å². The first-order valence-electron chi connectivity index (χ1n) is 43.4. The third kappa shape index (κ3) is 30.4. The summed E-state index contributed by atoms with van der Waals surface area (Å²) in [6, 6.07) is 86.8. The van der Waals surface area contributed by atoms with E-state index in [0.29, 0.717) is 0 Å². The Balaban J connectivity index is 0.924. The lowest BCUT2D eigenvalue weighted by Gasteiger charge is -2.51. The highest BCUT2D eigenvalue weighted by Gasteiger charge is 2.58.